The summed E-state index contributed by atoms with van der Waals surface area (Å²) in [6, 6.07) is 9.25. The Kier molecular flexibility index (Phi) is 3.90. The van der Waals surface area contributed by atoms with Crippen molar-refractivity contribution in [3.8, 4) is 6.07 Å². The van der Waals surface area contributed by atoms with Crippen molar-refractivity contribution in [3.63, 3.8) is 0 Å². The average molecular weight is 271 g/mol. The predicted octanol–water partition coefficient (Wildman–Crippen LogP) is 1.64. The lowest BCUT2D eigenvalue weighted by Crippen LogP contribution is -2.56. The summed E-state index contributed by atoms with van der Waals surface area (Å²) in [7, 11) is 0. The summed E-state index contributed by atoms with van der Waals surface area (Å²) < 4.78 is 5.26. The highest BCUT2D eigenvalue weighted by molar-refractivity contribution is 5.60. The van der Waals surface area contributed by atoms with Gasteiger partial charge < -0.3 is 9.64 Å². The first-order chi connectivity index (χ1) is 9.81. The molecule has 0 radical (unpaired) electrons. The van der Waals surface area contributed by atoms with Gasteiger partial charge in [-0.3, -0.25) is 4.90 Å². The zero-order valence-corrected chi connectivity index (χ0v) is 12.0. The summed E-state index contributed by atoms with van der Waals surface area (Å²) >= 11 is 0. The summed E-state index contributed by atoms with van der Waals surface area (Å²) in [5.41, 5.74) is 3.13. The Bertz CT molecular complexity index is 511. The Morgan fingerprint density at radius 2 is 2.00 bits per heavy atom. The number of hydrogen-bond donors (Lipinski definition) is 0. The van der Waals surface area contributed by atoms with E-state index in [-0.39, 0.29) is 0 Å². The standard InChI is InChI=1S/C16H21N3O/c1-2-13-3-4-16(14(9-13)10-17)19-7-5-18(6-8-19)15-11-20-12-15/h3-4,9,15H,2,5-8,11-12H2,1H3. The van der Waals surface area contributed by atoms with E-state index in [4.69, 9.17) is 4.74 Å². The van der Waals surface area contributed by atoms with Crippen molar-refractivity contribution in [2.24, 2.45) is 0 Å². The van der Waals surface area contributed by atoms with Crippen LogP contribution < -0.4 is 4.90 Å². The molecule has 0 spiro atoms. The number of aryl methyl sites for hydroxylation is 1. The molecule has 0 amide bonds. The molecule has 0 atom stereocenters. The van der Waals surface area contributed by atoms with E-state index >= 15 is 0 Å². The normalized spacial score (nSPS) is 20.5. The van der Waals surface area contributed by atoms with Crippen LogP contribution in [0.25, 0.3) is 0 Å². The Labute approximate surface area is 120 Å². The number of ether oxygens (including phenoxy) is 1. The minimum absolute atomic E-state index is 0.620. The second-order valence-corrected chi connectivity index (χ2v) is 5.53. The molecule has 2 saturated heterocycles. The van der Waals surface area contributed by atoms with Gasteiger partial charge in [-0.25, -0.2) is 0 Å². The molecular weight excluding hydrogens is 250 g/mol. The van der Waals surface area contributed by atoms with Crippen LogP contribution in [0, 0.1) is 11.3 Å². The lowest BCUT2D eigenvalue weighted by atomic mass is 10.1. The zero-order valence-electron chi connectivity index (χ0n) is 12.0. The van der Waals surface area contributed by atoms with E-state index in [1.54, 1.807) is 0 Å². The Balaban J connectivity index is 1.69. The van der Waals surface area contributed by atoms with Crippen molar-refractivity contribution in [1.82, 2.24) is 4.90 Å². The highest BCUT2D eigenvalue weighted by Gasteiger charge is 2.29. The summed E-state index contributed by atoms with van der Waals surface area (Å²) in [5, 5.41) is 9.35. The number of anilines is 1. The van der Waals surface area contributed by atoms with Gasteiger partial charge in [-0.1, -0.05) is 13.0 Å². The molecule has 1 aromatic carbocycles. The molecule has 2 aliphatic rings. The maximum atomic E-state index is 9.35. The van der Waals surface area contributed by atoms with Gasteiger partial charge in [0.1, 0.15) is 6.07 Å². The summed E-state index contributed by atoms with van der Waals surface area (Å²) in [5.74, 6) is 0. The maximum Gasteiger partial charge on any atom is 0.101 e. The first kappa shape index (κ1) is 13.4. The van der Waals surface area contributed by atoms with Gasteiger partial charge in [-0.05, 0) is 24.1 Å². The van der Waals surface area contributed by atoms with E-state index in [0.29, 0.717) is 6.04 Å². The number of nitriles is 1. The largest absolute Gasteiger partial charge is 0.378 e. The smallest absolute Gasteiger partial charge is 0.101 e. The third kappa shape index (κ3) is 2.52. The van der Waals surface area contributed by atoms with Crippen LogP contribution in [0.5, 0.6) is 0 Å². The van der Waals surface area contributed by atoms with Crippen LogP contribution in [0.1, 0.15) is 18.1 Å². The van der Waals surface area contributed by atoms with E-state index in [2.05, 4.69) is 34.9 Å². The van der Waals surface area contributed by atoms with E-state index < -0.39 is 0 Å². The van der Waals surface area contributed by atoms with Crippen LogP contribution in [0.3, 0.4) is 0 Å². The molecule has 2 aliphatic heterocycles. The van der Waals surface area contributed by atoms with E-state index in [9.17, 15) is 5.26 Å². The fraction of sp³-hybridized carbons (Fsp3) is 0.562. The van der Waals surface area contributed by atoms with Gasteiger partial charge in [0.15, 0.2) is 0 Å². The highest BCUT2D eigenvalue weighted by atomic mass is 16.5. The molecule has 0 bridgehead atoms. The van der Waals surface area contributed by atoms with Crippen LogP contribution in [-0.2, 0) is 11.2 Å². The maximum absolute atomic E-state index is 9.35. The molecule has 4 nitrogen and oxygen atoms in total. The van der Waals surface area contributed by atoms with Crippen molar-refractivity contribution in [2.75, 3.05) is 44.3 Å². The molecule has 20 heavy (non-hydrogen) atoms. The number of hydrogen-bond acceptors (Lipinski definition) is 4. The van der Waals surface area contributed by atoms with Crippen molar-refractivity contribution in [2.45, 2.75) is 19.4 Å². The SMILES string of the molecule is CCc1ccc(N2CCN(C3COC3)CC2)c(C#N)c1. The fourth-order valence-corrected chi connectivity index (χ4v) is 2.93. The van der Waals surface area contributed by atoms with Gasteiger partial charge in [0.05, 0.1) is 30.5 Å². The van der Waals surface area contributed by atoms with E-state index in [1.165, 1.54) is 5.56 Å². The predicted molar refractivity (Wildman–Crippen MR) is 78.9 cm³/mol. The molecule has 2 heterocycles. The molecule has 0 unspecified atom stereocenters. The van der Waals surface area contributed by atoms with Crippen molar-refractivity contribution >= 4 is 5.69 Å². The molecule has 0 aliphatic carbocycles. The first-order valence-corrected chi connectivity index (χ1v) is 7.41. The van der Waals surface area contributed by atoms with Crippen molar-refractivity contribution < 1.29 is 4.74 Å². The average Bonchev–Trinajstić information content (AvgIpc) is 2.45. The molecule has 3 rings (SSSR count). The monoisotopic (exact) mass is 271 g/mol. The quantitative estimate of drug-likeness (QED) is 0.838. The molecule has 0 N–H and O–H groups in total. The minimum Gasteiger partial charge on any atom is -0.378 e. The molecule has 0 aromatic heterocycles. The summed E-state index contributed by atoms with van der Waals surface area (Å²) in [6.07, 6.45) is 0.977. The third-order valence-electron chi connectivity index (χ3n) is 4.38. The minimum atomic E-state index is 0.620. The highest BCUT2D eigenvalue weighted by Crippen LogP contribution is 2.24. The van der Waals surface area contributed by atoms with Crippen LogP contribution in [0.2, 0.25) is 0 Å². The topological polar surface area (TPSA) is 39.5 Å². The van der Waals surface area contributed by atoms with Crippen LogP contribution in [-0.4, -0.2) is 50.3 Å². The molecule has 106 valence electrons. The second kappa shape index (κ2) is 5.82. The summed E-state index contributed by atoms with van der Waals surface area (Å²) in [6.45, 7) is 8.01. The number of piperazine rings is 1. The first-order valence-electron chi connectivity index (χ1n) is 7.41. The molecule has 4 heteroatoms. The van der Waals surface area contributed by atoms with Crippen molar-refractivity contribution in [3.05, 3.63) is 29.3 Å². The van der Waals surface area contributed by atoms with Crippen LogP contribution in [0.15, 0.2) is 18.2 Å². The zero-order chi connectivity index (χ0) is 13.9. The van der Waals surface area contributed by atoms with Gasteiger partial charge in [0.2, 0.25) is 0 Å². The molecule has 2 fully saturated rings. The molecule has 1 aromatic rings. The van der Waals surface area contributed by atoms with Gasteiger partial charge in [-0.15, -0.1) is 0 Å². The summed E-state index contributed by atoms with van der Waals surface area (Å²) in [4.78, 5) is 4.85. The second-order valence-electron chi connectivity index (χ2n) is 5.53. The lowest BCUT2D eigenvalue weighted by molar-refractivity contribution is -0.0660. The van der Waals surface area contributed by atoms with Crippen LogP contribution >= 0.6 is 0 Å². The van der Waals surface area contributed by atoms with E-state index in [1.807, 2.05) is 6.07 Å². The lowest BCUT2D eigenvalue weighted by Gasteiger charge is -2.43. The van der Waals surface area contributed by atoms with Gasteiger partial charge in [0, 0.05) is 26.2 Å². The third-order valence-corrected chi connectivity index (χ3v) is 4.38. The molecule has 0 saturated carbocycles. The molecular formula is C16H21N3O. The number of nitrogens with zero attached hydrogens (tertiary/aromatic N) is 3. The number of benzene rings is 1. The number of rotatable bonds is 3. The Hall–Kier alpha value is -1.57. The van der Waals surface area contributed by atoms with Gasteiger partial charge in [-0.2, -0.15) is 5.26 Å². The van der Waals surface area contributed by atoms with E-state index in [0.717, 1.165) is 57.1 Å². The van der Waals surface area contributed by atoms with Gasteiger partial charge >= 0.3 is 0 Å². The Morgan fingerprint density at radius 1 is 1.25 bits per heavy atom. The van der Waals surface area contributed by atoms with Crippen molar-refractivity contribution in [1.29, 1.82) is 5.26 Å². The fourth-order valence-electron chi connectivity index (χ4n) is 2.93. The van der Waals surface area contributed by atoms with Crippen LogP contribution in [0.4, 0.5) is 5.69 Å². The Morgan fingerprint density at radius 3 is 2.55 bits per heavy atom. The van der Waals surface area contributed by atoms with Gasteiger partial charge in [0.25, 0.3) is 0 Å².